The van der Waals surface area contributed by atoms with E-state index in [0.717, 1.165) is 25.8 Å². The van der Waals surface area contributed by atoms with Crippen molar-refractivity contribution in [1.82, 2.24) is 15.5 Å². The number of nitrogens with one attached hydrogen (secondary N) is 1. The van der Waals surface area contributed by atoms with Crippen LogP contribution in [0.3, 0.4) is 0 Å². The molecule has 1 atom stereocenters. The maximum atomic E-state index is 5.16. The van der Waals surface area contributed by atoms with Crippen molar-refractivity contribution in [3.05, 3.63) is 11.7 Å². The number of ether oxygens (including phenoxy) is 1. The number of likely N-dealkylation sites (N-methyl/N-ethyl adjacent to an activating group) is 1. The van der Waals surface area contributed by atoms with Gasteiger partial charge in [0.25, 0.3) is 0 Å². The minimum absolute atomic E-state index is 0.406. The Morgan fingerprint density at radius 2 is 2.25 bits per heavy atom. The van der Waals surface area contributed by atoms with E-state index in [0.29, 0.717) is 24.4 Å². The van der Waals surface area contributed by atoms with Gasteiger partial charge in [-0.3, -0.25) is 0 Å². The smallest absolute Gasteiger partial charge is 0.228 e. The maximum Gasteiger partial charge on any atom is 0.228 e. The van der Waals surface area contributed by atoms with Crippen LogP contribution in [0, 0.1) is 0 Å². The van der Waals surface area contributed by atoms with E-state index in [1.807, 2.05) is 0 Å². The van der Waals surface area contributed by atoms with Crippen molar-refractivity contribution in [2.45, 2.75) is 45.8 Å². The lowest BCUT2D eigenvalue weighted by atomic mass is 10.1. The Bertz CT molecular complexity index is 283. The van der Waals surface area contributed by atoms with E-state index >= 15 is 0 Å². The van der Waals surface area contributed by atoms with E-state index in [1.54, 1.807) is 7.11 Å². The van der Waals surface area contributed by atoms with Crippen LogP contribution in [0.15, 0.2) is 4.52 Å². The van der Waals surface area contributed by atoms with Crippen molar-refractivity contribution in [3.63, 3.8) is 0 Å². The fraction of sp³-hybridized carbons (Fsp3) is 0.818. The Morgan fingerprint density at radius 1 is 1.44 bits per heavy atom. The predicted molar refractivity (Wildman–Crippen MR) is 61.1 cm³/mol. The van der Waals surface area contributed by atoms with Gasteiger partial charge >= 0.3 is 0 Å². The highest BCUT2D eigenvalue weighted by atomic mass is 16.5. The van der Waals surface area contributed by atoms with E-state index in [4.69, 9.17) is 9.26 Å². The number of methoxy groups -OCH3 is 1. The molecule has 16 heavy (non-hydrogen) atoms. The highest BCUT2D eigenvalue weighted by molar-refractivity contribution is 4.88. The van der Waals surface area contributed by atoms with Crippen molar-refractivity contribution < 1.29 is 9.26 Å². The van der Waals surface area contributed by atoms with Gasteiger partial charge in [-0.1, -0.05) is 25.4 Å². The molecule has 0 saturated carbocycles. The number of hydrogen-bond donors (Lipinski definition) is 1. The molecule has 1 aromatic rings. The molecule has 5 heteroatoms. The van der Waals surface area contributed by atoms with Gasteiger partial charge in [0, 0.05) is 19.6 Å². The molecule has 0 aliphatic heterocycles. The Labute approximate surface area is 96.6 Å². The number of aromatic nitrogens is 2. The molecule has 0 saturated heterocycles. The molecular weight excluding hydrogens is 206 g/mol. The molecule has 5 nitrogen and oxygen atoms in total. The minimum atomic E-state index is 0.406. The molecule has 0 aliphatic rings. The molecule has 1 unspecified atom stereocenters. The van der Waals surface area contributed by atoms with E-state index < -0.39 is 0 Å². The zero-order chi connectivity index (χ0) is 11.8. The SMILES string of the molecule is CCCC(Cc1nc(COC)no1)NCC. The molecule has 1 heterocycles. The minimum Gasteiger partial charge on any atom is -0.377 e. The van der Waals surface area contributed by atoms with Gasteiger partial charge < -0.3 is 14.6 Å². The van der Waals surface area contributed by atoms with Crippen LogP contribution in [0.1, 0.15) is 38.4 Å². The molecular formula is C11H21N3O2. The molecule has 0 amide bonds. The third-order valence-electron chi connectivity index (χ3n) is 2.33. The summed E-state index contributed by atoms with van der Waals surface area (Å²) in [6.45, 7) is 5.65. The monoisotopic (exact) mass is 227 g/mol. The first kappa shape index (κ1) is 13.1. The first-order valence-electron chi connectivity index (χ1n) is 5.83. The van der Waals surface area contributed by atoms with Gasteiger partial charge in [-0.15, -0.1) is 0 Å². The second kappa shape index (κ2) is 7.35. The molecule has 0 radical (unpaired) electrons. The quantitative estimate of drug-likeness (QED) is 0.730. The van der Waals surface area contributed by atoms with Crippen LogP contribution in [0.2, 0.25) is 0 Å². The zero-order valence-electron chi connectivity index (χ0n) is 10.3. The molecule has 0 aromatic carbocycles. The van der Waals surface area contributed by atoms with Crippen molar-refractivity contribution in [2.24, 2.45) is 0 Å². The molecule has 0 aliphatic carbocycles. The van der Waals surface area contributed by atoms with Crippen molar-refractivity contribution >= 4 is 0 Å². The van der Waals surface area contributed by atoms with Crippen LogP contribution in [-0.4, -0.2) is 29.8 Å². The summed E-state index contributed by atoms with van der Waals surface area (Å²) in [4.78, 5) is 4.26. The first-order chi connectivity index (χ1) is 7.80. The van der Waals surface area contributed by atoms with Gasteiger partial charge in [0.1, 0.15) is 6.61 Å². The van der Waals surface area contributed by atoms with Gasteiger partial charge in [-0.25, -0.2) is 0 Å². The fourth-order valence-corrected chi connectivity index (χ4v) is 1.68. The second-order valence-corrected chi connectivity index (χ2v) is 3.78. The summed E-state index contributed by atoms with van der Waals surface area (Å²) in [6, 6.07) is 0.422. The normalized spacial score (nSPS) is 12.9. The highest BCUT2D eigenvalue weighted by Crippen LogP contribution is 2.06. The van der Waals surface area contributed by atoms with Crippen LogP contribution >= 0.6 is 0 Å². The van der Waals surface area contributed by atoms with Crippen LogP contribution < -0.4 is 5.32 Å². The number of nitrogens with zero attached hydrogens (tertiary/aromatic N) is 2. The van der Waals surface area contributed by atoms with Crippen LogP contribution in [0.5, 0.6) is 0 Å². The third-order valence-corrected chi connectivity index (χ3v) is 2.33. The third kappa shape index (κ3) is 4.28. The van der Waals surface area contributed by atoms with Gasteiger partial charge in [0.2, 0.25) is 5.89 Å². The largest absolute Gasteiger partial charge is 0.377 e. The standard InChI is InChI=1S/C11H21N3O2/c1-4-6-9(12-5-2)7-11-13-10(8-15-3)14-16-11/h9,12H,4-8H2,1-3H3. The summed E-state index contributed by atoms with van der Waals surface area (Å²) in [5.41, 5.74) is 0. The van der Waals surface area contributed by atoms with Gasteiger partial charge in [0.05, 0.1) is 0 Å². The van der Waals surface area contributed by atoms with Crippen molar-refractivity contribution in [1.29, 1.82) is 0 Å². The molecule has 0 bridgehead atoms. The Hall–Kier alpha value is -0.940. The van der Waals surface area contributed by atoms with E-state index in [1.165, 1.54) is 0 Å². The highest BCUT2D eigenvalue weighted by Gasteiger charge is 2.12. The lowest BCUT2D eigenvalue weighted by Gasteiger charge is -2.14. The van der Waals surface area contributed by atoms with Gasteiger partial charge in [-0.2, -0.15) is 4.98 Å². The summed E-state index contributed by atoms with van der Waals surface area (Å²) in [5, 5.41) is 7.25. The van der Waals surface area contributed by atoms with Crippen LogP contribution in [-0.2, 0) is 17.8 Å². The van der Waals surface area contributed by atoms with Gasteiger partial charge in [-0.05, 0) is 13.0 Å². The summed E-state index contributed by atoms with van der Waals surface area (Å²) >= 11 is 0. The Balaban J connectivity index is 2.48. The average Bonchev–Trinajstić information content (AvgIpc) is 2.67. The molecule has 0 fully saturated rings. The van der Waals surface area contributed by atoms with Crippen LogP contribution in [0.4, 0.5) is 0 Å². The lowest BCUT2D eigenvalue weighted by molar-refractivity contribution is 0.174. The molecule has 1 N–H and O–H groups in total. The summed E-state index contributed by atoms with van der Waals surface area (Å²) in [7, 11) is 1.62. The summed E-state index contributed by atoms with van der Waals surface area (Å²) in [6.07, 6.45) is 3.06. The average molecular weight is 227 g/mol. The molecule has 92 valence electrons. The first-order valence-corrected chi connectivity index (χ1v) is 5.83. The molecule has 1 rings (SSSR count). The summed E-state index contributed by atoms with van der Waals surface area (Å²) in [5.74, 6) is 1.30. The fourth-order valence-electron chi connectivity index (χ4n) is 1.68. The van der Waals surface area contributed by atoms with E-state index in [-0.39, 0.29) is 0 Å². The van der Waals surface area contributed by atoms with Crippen molar-refractivity contribution in [3.8, 4) is 0 Å². The zero-order valence-corrected chi connectivity index (χ0v) is 10.3. The maximum absolute atomic E-state index is 5.16. The Morgan fingerprint density at radius 3 is 2.88 bits per heavy atom. The number of rotatable bonds is 8. The van der Waals surface area contributed by atoms with E-state index in [9.17, 15) is 0 Å². The molecule has 0 spiro atoms. The van der Waals surface area contributed by atoms with E-state index in [2.05, 4.69) is 29.3 Å². The van der Waals surface area contributed by atoms with Gasteiger partial charge in [0.15, 0.2) is 5.82 Å². The summed E-state index contributed by atoms with van der Waals surface area (Å²) < 4.78 is 10.1. The topological polar surface area (TPSA) is 60.2 Å². The van der Waals surface area contributed by atoms with Crippen molar-refractivity contribution in [2.75, 3.05) is 13.7 Å². The lowest BCUT2D eigenvalue weighted by Crippen LogP contribution is -2.30. The van der Waals surface area contributed by atoms with Crippen LogP contribution in [0.25, 0.3) is 0 Å². The second-order valence-electron chi connectivity index (χ2n) is 3.78. The Kier molecular flexibility index (Phi) is 6.03. The molecule has 1 aromatic heterocycles. The predicted octanol–water partition coefficient (Wildman–Crippen LogP) is 1.54. The number of hydrogen-bond acceptors (Lipinski definition) is 5.